The summed E-state index contributed by atoms with van der Waals surface area (Å²) in [5, 5.41) is 12.5. The third-order valence-corrected chi connectivity index (χ3v) is 4.76. The predicted molar refractivity (Wildman–Crippen MR) is 92.5 cm³/mol. The highest BCUT2D eigenvalue weighted by molar-refractivity contribution is 9.10. The summed E-state index contributed by atoms with van der Waals surface area (Å²) in [7, 11) is 0. The maximum atomic E-state index is 12.2. The monoisotopic (exact) mass is 393 g/mol. The lowest BCUT2D eigenvalue weighted by atomic mass is 10.2. The van der Waals surface area contributed by atoms with Crippen LogP contribution in [0.1, 0.15) is 10.4 Å². The minimum atomic E-state index is -0.241. The van der Waals surface area contributed by atoms with E-state index in [4.69, 9.17) is 11.6 Å². The molecule has 0 fully saturated rings. The van der Waals surface area contributed by atoms with Crippen LogP contribution in [0.5, 0.6) is 0 Å². The Balaban J connectivity index is 1.82. The van der Waals surface area contributed by atoms with Gasteiger partial charge in [0.2, 0.25) is 5.13 Å². The van der Waals surface area contributed by atoms with Gasteiger partial charge in [0.05, 0.1) is 10.6 Å². The van der Waals surface area contributed by atoms with Crippen molar-refractivity contribution in [3.05, 3.63) is 63.6 Å². The lowest BCUT2D eigenvalue weighted by molar-refractivity contribution is 0.102. The van der Waals surface area contributed by atoms with Crippen molar-refractivity contribution in [2.75, 3.05) is 5.32 Å². The normalized spacial score (nSPS) is 10.5. The number of rotatable bonds is 3. The van der Waals surface area contributed by atoms with E-state index >= 15 is 0 Å². The molecule has 0 saturated carbocycles. The van der Waals surface area contributed by atoms with Gasteiger partial charge in [0.15, 0.2) is 5.01 Å². The number of anilines is 1. The fourth-order valence-electron chi connectivity index (χ4n) is 1.83. The number of carbonyl (C=O) groups excluding carboxylic acids is 1. The lowest BCUT2D eigenvalue weighted by Gasteiger charge is -2.02. The second kappa shape index (κ2) is 6.56. The molecule has 0 unspecified atom stereocenters. The van der Waals surface area contributed by atoms with Gasteiger partial charge in [-0.2, -0.15) is 0 Å². The lowest BCUT2D eigenvalue weighted by Crippen LogP contribution is -2.12. The Morgan fingerprint density at radius 3 is 2.59 bits per heavy atom. The zero-order chi connectivity index (χ0) is 15.5. The van der Waals surface area contributed by atoms with Crippen LogP contribution in [0.4, 0.5) is 5.13 Å². The number of carbonyl (C=O) groups is 1. The second-order valence-corrected chi connectivity index (χ2v) is 6.57. The van der Waals surface area contributed by atoms with E-state index in [1.807, 2.05) is 30.3 Å². The van der Waals surface area contributed by atoms with Gasteiger partial charge in [0.1, 0.15) is 0 Å². The highest BCUT2D eigenvalue weighted by Gasteiger charge is 2.14. The SMILES string of the molecule is O=C(Nc1nnc(-c2ccccc2Cl)s1)c1ccccc1Br. The minimum absolute atomic E-state index is 0.241. The largest absolute Gasteiger partial charge is 0.296 e. The molecule has 110 valence electrons. The smallest absolute Gasteiger partial charge is 0.258 e. The minimum Gasteiger partial charge on any atom is -0.296 e. The molecule has 1 aromatic heterocycles. The van der Waals surface area contributed by atoms with E-state index in [2.05, 4.69) is 31.4 Å². The van der Waals surface area contributed by atoms with E-state index in [1.165, 1.54) is 11.3 Å². The molecule has 0 aliphatic rings. The number of amides is 1. The molecular weight excluding hydrogens is 386 g/mol. The summed E-state index contributed by atoms with van der Waals surface area (Å²) < 4.78 is 0.725. The topological polar surface area (TPSA) is 54.9 Å². The first-order valence-corrected chi connectivity index (χ1v) is 8.28. The molecule has 0 bridgehead atoms. The molecule has 7 heteroatoms. The van der Waals surface area contributed by atoms with Crippen LogP contribution in [0, 0.1) is 0 Å². The maximum absolute atomic E-state index is 12.2. The van der Waals surface area contributed by atoms with E-state index in [9.17, 15) is 4.79 Å². The molecule has 3 rings (SSSR count). The summed E-state index contributed by atoms with van der Waals surface area (Å²) >= 11 is 10.8. The Morgan fingerprint density at radius 2 is 1.82 bits per heavy atom. The summed E-state index contributed by atoms with van der Waals surface area (Å²) in [6, 6.07) is 14.6. The van der Waals surface area contributed by atoms with Gasteiger partial charge in [-0.05, 0) is 34.1 Å². The first-order valence-electron chi connectivity index (χ1n) is 6.29. The highest BCUT2D eigenvalue weighted by atomic mass is 79.9. The molecule has 0 aliphatic carbocycles. The van der Waals surface area contributed by atoms with Crippen LogP contribution < -0.4 is 5.32 Å². The van der Waals surface area contributed by atoms with Crippen LogP contribution in [0.15, 0.2) is 53.0 Å². The Hall–Kier alpha value is -1.76. The number of nitrogens with zero attached hydrogens (tertiary/aromatic N) is 2. The van der Waals surface area contributed by atoms with Gasteiger partial charge in [-0.3, -0.25) is 10.1 Å². The third kappa shape index (κ3) is 3.19. The Labute approximate surface area is 144 Å². The van der Waals surface area contributed by atoms with Crippen molar-refractivity contribution in [2.24, 2.45) is 0 Å². The molecule has 1 heterocycles. The molecule has 2 aromatic carbocycles. The Morgan fingerprint density at radius 1 is 1.09 bits per heavy atom. The molecule has 0 aliphatic heterocycles. The first kappa shape index (κ1) is 15.1. The average molecular weight is 395 g/mol. The molecule has 22 heavy (non-hydrogen) atoms. The van der Waals surface area contributed by atoms with E-state index in [1.54, 1.807) is 18.2 Å². The van der Waals surface area contributed by atoms with Gasteiger partial charge >= 0.3 is 0 Å². The zero-order valence-electron chi connectivity index (χ0n) is 11.1. The third-order valence-electron chi connectivity index (χ3n) is 2.87. The van der Waals surface area contributed by atoms with Crippen molar-refractivity contribution >= 4 is 49.9 Å². The average Bonchev–Trinajstić information content (AvgIpc) is 2.96. The molecule has 1 amide bonds. The van der Waals surface area contributed by atoms with Crippen molar-refractivity contribution in [2.45, 2.75) is 0 Å². The molecular formula is C15H9BrClN3OS. The van der Waals surface area contributed by atoms with Crippen molar-refractivity contribution in [3.63, 3.8) is 0 Å². The standard InChI is InChI=1S/C15H9BrClN3OS/c16-11-7-3-1-5-9(11)13(21)18-15-20-19-14(22-15)10-6-2-4-8-12(10)17/h1-8H,(H,18,20,21). The van der Waals surface area contributed by atoms with Gasteiger partial charge < -0.3 is 0 Å². The summed E-state index contributed by atoms with van der Waals surface area (Å²) in [4.78, 5) is 12.2. The number of hydrogen-bond donors (Lipinski definition) is 1. The van der Waals surface area contributed by atoms with Gasteiger partial charge in [-0.25, -0.2) is 0 Å². The highest BCUT2D eigenvalue weighted by Crippen LogP contribution is 2.31. The molecule has 0 atom stereocenters. The molecule has 3 aromatic rings. The van der Waals surface area contributed by atoms with Crippen LogP contribution in [-0.2, 0) is 0 Å². The van der Waals surface area contributed by atoms with Crippen molar-refractivity contribution in [1.82, 2.24) is 10.2 Å². The maximum Gasteiger partial charge on any atom is 0.258 e. The molecule has 0 saturated heterocycles. The number of benzene rings is 2. The van der Waals surface area contributed by atoms with Crippen molar-refractivity contribution < 1.29 is 4.79 Å². The molecule has 4 nitrogen and oxygen atoms in total. The summed E-state index contributed by atoms with van der Waals surface area (Å²) in [5.41, 5.74) is 1.33. The number of hydrogen-bond acceptors (Lipinski definition) is 4. The Bertz CT molecular complexity index is 837. The number of nitrogens with one attached hydrogen (secondary N) is 1. The van der Waals surface area contributed by atoms with Crippen LogP contribution in [0.2, 0.25) is 5.02 Å². The number of aromatic nitrogens is 2. The van der Waals surface area contributed by atoms with E-state index in [0.717, 1.165) is 10.0 Å². The van der Waals surface area contributed by atoms with Gasteiger partial charge in [0.25, 0.3) is 5.91 Å². The first-order chi connectivity index (χ1) is 10.6. The fraction of sp³-hybridized carbons (Fsp3) is 0. The Kier molecular flexibility index (Phi) is 4.52. The summed E-state index contributed by atoms with van der Waals surface area (Å²) in [5.74, 6) is -0.241. The van der Waals surface area contributed by atoms with E-state index in [0.29, 0.717) is 20.7 Å². The van der Waals surface area contributed by atoms with Crippen LogP contribution >= 0.6 is 38.9 Å². The summed E-state index contributed by atoms with van der Waals surface area (Å²) in [6.45, 7) is 0. The van der Waals surface area contributed by atoms with E-state index < -0.39 is 0 Å². The van der Waals surface area contributed by atoms with Crippen LogP contribution in [-0.4, -0.2) is 16.1 Å². The molecule has 0 spiro atoms. The number of halogens is 2. The van der Waals surface area contributed by atoms with E-state index in [-0.39, 0.29) is 5.91 Å². The van der Waals surface area contributed by atoms with Gasteiger partial charge in [-0.15, -0.1) is 10.2 Å². The fourth-order valence-corrected chi connectivity index (χ4v) is 3.35. The van der Waals surface area contributed by atoms with Crippen LogP contribution in [0.3, 0.4) is 0 Å². The predicted octanol–water partition coefficient (Wildman–Crippen LogP) is 4.87. The summed E-state index contributed by atoms with van der Waals surface area (Å²) in [6.07, 6.45) is 0. The quantitative estimate of drug-likeness (QED) is 0.689. The van der Waals surface area contributed by atoms with Gasteiger partial charge in [0, 0.05) is 10.0 Å². The van der Waals surface area contributed by atoms with Crippen LogP contribution in [0.25, 0.3) is 10.6 Å². The zero-order valence-corrected chi connectivity index (χ0v) is 14.2. The second-order valence-electron chi connectivity index (χ2n) is 4.33. The van der Waals surface area contributed by atoms with Crippen molar-refractivity contribution in [3.8, 4) is 10.6 Å². The molecule has 0 radical (unpaired) electrons. The van der Waals surface area contributed by atoms with Crippen molar-refractivity contribution in [1.29, 1.82) is 0 Å². The molecule has 1 N–H and O–H groups in total. The van der Waals surface area contributed by atoms with Gasteiger partial charge in [-0.1, -0.05) is 53.3 Å².